The number of aromatic nitrogens is 3. The molecule has 1 aromatic carbocycles. The Labute approximate surface area is 116 Å². The van der Waals surface area contributed by atoms with Crippen molar-refractivity contribution >= 4 is 16.8 Å². The van der Waals surface area contributed by atoms with E-state index >= 15 is 0 Å². The molecule has 0 bridgehead atoms. The van der Waals surface area contributed by atoms with Crippen LogP contribution in [0, 0.1) is 0 Å². The van der Waals surface area contributed by atoms with Gasteiger partial charge >= 0.3 is 0 Å². The Bertz CT molecular complexity index is 666. The van der Waals surface area contributed by atoms with Gasteiger partial charge in [0, 0.05) is 6.04 Å². The highest BCUT2D eigenvalue weighted by Gasteiger charge is 2.11. The Hall–Kier alpha value is -2.24. The molecule has 6 nitrogen and oxygen atoms in total. The first-order valence-corrected chi connectivity index (χ1v) is 6.73. The average Bonchev–Trinajstić information content (AvgIpc) is 2.42. The number of hydrogen-bond donors (Lipinski definition) is 1. The summed E-state index contributed by atoms with van der Waals surface area (Å²) in [6.07, 6.45) is 1.90. The van der Waals surface area contributed by atoms with Gasteiger partial charge < -0.3 is 5.32 Å². The number of rotatable bonds is 5. The van der Waals surface area contributed by atoms with Gasteiger partial charge in [0.2, 0.25) is 5.91 Å². The molecule has 0 spiro atoms. The van der Waals surface area contributed by atoms with Crippen LogP contribution in [0.1, 0.15) is 26.7 Å². The molecule has 2 aromatic rings. The lowest BCUT2D eigenvalue weighted by molar-refractivity contribution is -0.122. The second-order valence-corrected chi connectivity index (χ2v) is 4.83. The van der Waals surface area contributed by atoms with Crippen molar-refractivity contribution in [2.45, 2.75) is 39.3 Å². The normalized spacial score (nSPS) is 12.3. The van der Waals surface area contributed by atoms with E-state index in [1.54, 1.807) is 24.3 Å². The summed E-state index contributed by atoms with van der Waals surface area (Å²) in [5, 5.41) is 11.0. The molecule has 2 rings (SSSR count). The molecule has 1 amide bonds. The van der Waals surface area contributed by atoms with Gasteiger partial charge in [0.05, 0.1) is 5.39 Å². The lowest BCUT2D eigenvalue weighted by Gasteiger charge is -2.12. The third-order valence-corrected chi connectivity index (χ3v) is 3.05. The minimum absolute atomic E-state index is 0.0941. The lowest BCUT2D eigenvalue weighted by atomic mass is 10.2. The topological polar surface area (TPSA) is 76.9 Å². The van der Waals surface area contributed by atoms with Crippen molar-refractivity contribution in [1.82, 2.24) is 20.3 Å². The fourth-order valence-electron chi connectivity index (χ4n) is 2.09. The SMILES string of the molecule is CCCC(C)NC(=O)Cn1nnc2ccccc2c1=O. The maximum atomic E-state index is 12.2. The van der Waals surface area contributed by atoms with E-state index in [-0.39, 0.29) is 24.1 Å². The van der Waals surface area contributed by atoms with E-state index in [1.165, 1.54) is 0 Å². The van der Waals surface area contributed by atoms with E-state index in [4.69, 9.17) is 0 Å². The second kappa shape index (κ2) is 6.27. The number of fused-ring (bicyclic) bond motifs is 1. The lowest BCUT2D eigenvalue weighted by Crippen LogP contribution is -2.38. The summed E-state index contributed by atoms with van der Waals surface area (Å²) < 4.78 is 1.09. The van der Waals surface area contributed by atoms with Gasteiger partial charge in [-0.05, 0) is 25.5 Å². The van der Waals surface area contributed by atoms with E-state index in [0.717, 1.165) is 17.5 Å². The maximum absolute atomic E-state index is 12.2. The molecule has 1 heterocycles. The Morgan fingerprint density at radius 1 is 1.40 bits per heavy atom. The van der Waals surface area contributed by atoms with Crippen molar-refractivity contribution < 1.29 is 4.79 Å². The Balaban J connectivity index is 2.16. The van der Waals surface area contributed by atoms with Gasteiger partial charge in [-0.15, -0.1) is 5.10 Å². The highest BCUT2D eigenvalue weighted by Crippen LogP contribution is 2.03. The monoisotopic (exact) mass is 274 g/mol. The number of carbonyl (C=O) groups excluding carboxylic acids is 1. The van der Waals surface area contributed by atoms with Crippen molar-refractivity contribution in [2.24, 2.45) is 0 Å². The van der Waals surface area contributed by atoms with E-state index < -0.39 is 0 Å². The zero-order valence-corrected chi connectivity index (χ0v) is 11.7. The number of nitrogens with one attached hydrogen (secondary N) is 1. The van der Waals surface area contributed by atoms with Gasteiger partial charge in [-0.25, -0.2) is 4.68 Å². The predicted octanol–water partition coefficient (Wildman–Crippen LogP) is 1.10. The minimum Gasteiger partial charge on any atom is -0.352 e. The Morgan fingerprint density at radius 2 is 2.15 bits per heavy atom. The molecular weight excluding hydrogens is 256 g/mol. The summed E-state index contributed by atoms with van der Waals surface area (Å²) in [4.78, 5) is 24.0. The van der Waals surface area contributed by atoms with Gasteiger partial charge in [-0.2, -0.15) is 0 Å². The van der Waals surface area contributed by atoms with Crippen LogP contribution in [-0.4, -0.2) is 26.9 Å². The molecule has 1 aromatic heterocycles. The fraction of sp³-hybridized carbons (Fsp3) is 0.429. The Kier molecular flexibility index (Phi) is 4.45. The third-order valence-electron chi connectivity index (χ3n) is 3.05. The quantitative estimate of drug-likeness (QED) is 0.885. The molecule has 0 saturated carbocycles. The molecule has 0 aliphatic carbocycles. The van der Waals surface area contributed by atoms with Crippen LogP contribution in [0.15, 0.2) is 29.1 Å². The van der Waals surface area contributed by atoms with Gasteiger partial charge in [-0.3, -0.25) is 9.59 Å². The standard InChI is InChI=1S/C14H18N4O2/c1-3-6-10(2)15-13(19)9-18-14(20)11-7-4-5-8-12(11)16-17-18/h4-5,7-8,10H,3,6,9H2,1-2H3,(H,15,19). The molecule has 0 radical (unpaired) electrons. The first kappa shape index (κ1) is 14.2. The molecular formula is C14H18N4O2. The molecule has 1 N–H and O–H groups in total. The average molecular weight is 274 g/mol. The molecule has 0 saturated heterocycles. The fourth-order valence-corrected chi connectivity index (χ4v) is 2.09. The second-order valence-electron chi connectivity index (χ2n) is 4.83. The predicted molar refractivity (Wildman–Crippen MR) is 76.3 cm³/mol. The number of hydrogen-bond acceptors (Lipinski definition) is 4. The molecule has 6 heteroatoms. The van der Waals surface area contributed by atoms with Crippen LogP contribution in [0.5, 0.6) is 0 Å². The van der Waals surface area contributed by atoms with Crippen LogP contribution in [0.4, 0.5) is 0 Å². The molecule has 0 aliphatic heterocycles. The van der Waals surface area contributed by atoms with Crippen LogP contribution in [-0.2, 0) is 11.3 Å². The Morgan fingerprint density at radius 3 is 2.90 bits per heavy atom. The van der Waals surface area contributed by atoms with Crippen molar-refractivity contribution in [3.63, 3.8) is 0 Å². The highest BCUT2D eigenvalue weighted by molar-refractivity contribution is 5.78. The summed E-state index contributed by atoms with van der Waals surface area (Å²) in [7, 11) is 0. The smallest absolute Gasteiger partial charge is 0.278 e. The summed E-state index contributed by atoms with van der Waals surface area (Å²) in [6.45, 7) is 3.89. The van der Waals surface area contributed by atoms with Crippen molar-refractivity contribution in [2.75, 3.05) is 0 Å². The van der Waals surface area contributed by atoms with E-state index in [2.05, 4.69) is 22.6 Å². The summed E-state index contributed by atoms with van der Waals surface area (Å²) in [5.41, 5.74) is 0.238. The zero-order valence-electron chi connectivity index (χ0n) is 11.7. The van der Waals surface area contributed by atoms with E-state index in [1.807, 2.05) is 6.92 Å². The summed E-state index contributed by atoms with van der Waals surface area (Å²) in [5.74, 6) is -0.224. The van der Waals surface area contributed by atoms with Gasteiger partial charge in [0.25, 0.3) is 5.56 Å². The number of benzene rings is 1. The highest BCUT2D eigenvalue weighted by atomic mass is 16.2. The largest absolute Gasteiger partial charge is 0.352 e. The molecule has 1 atom stereocenters. The minimum atomic E-state index is -0.297. The number of amides is 1. The van der Waals surface area contributed by atoms with Crippen molar-refractivity contribution in [3.8, 4) is 0 Å². The molecule has 1 unspecified atom stereocenters. The van der Waals surface area contributed by atoms with Gasteiger partial charge in [-0.1, -0.05) is 30.7 Å². The van der Waals surface area contributed by atoms with Crippen molar-refractivity contribution in [3.05, 3.63) is 34.6 Å². The van der Waals surface area contributed by atoms with E-state index in [0.29, 0.717) is 10.9 Å². The van der Waals surface area contributed by atoms with E-state index in [9.17, 15) is 9.59 Å². The molecule has 20 heavy (non-hydrogen) atoms. The van der Waals surface area contributed by atoms with Crippen LogP contribution in [0.2, 0.25) is 0 Å². The first-order chi connectivity index (χ1) is 9.61. The van der Waals surface area contributed by atoms with Crippen LogP contribution < -0.4 is 10.9 Å². The van der Waals surface area contributed by atoms with Crippen LogP contribution >= 0.6 is 0 Å². The molecule has 106 valence electrons. The third kappa shape index (κ3) is 3.20. The van der Waals surface area contributed by atoms with Crippen LogP contribution in [0.3, 0.4) is 0 Å². The molecule has 0 fully saturated rings. The maximum Gasteiger partial charge on any atom is 0.278 e. The first-order valence-electron chi connectivity index (χ1n) is 6.73. The zero-order chi connectivity index (χ0) is 14.5. The summed E-state index contributed by atoms with van der Waals surface area (Å²) >= 11 is 0. The summed E-state index contributed by atoms with van der Waals surface area (Å²) in [6, 6.07) is 7.05. The van der Waals surface area contributed by atoms with Gasteiger partial charge in [0.1, 0.15) is 12.1 Å². The van der Waals surface area contributed by atoms with Crippen molar-refractivity contribution in [1.29, 1.82) is 0 Å². The van der Waals surface area contributed by atoms with Crippen LogP contribution in [0.25, 0.3) is 10.9 Å². The number of carbonyl (C=O) groups is 1. The van der Waals surface area contributed by atoms with Gasteiger partial charge in [0.15, 0.2) is 0 Å². The molecule has 0 aliphatic rings. The number of nitrogens with zero attached hydrogens (tertiary/aromatic N) is 3.